The van der Waals surface area contributed by atoms with Crippen LogP contribution in [0.5, 0.6) is 0 Å². The number of hydrogen-bond donors (Lipinski definition) is 1. The van der Waals surface area contributed by atoms with Gasteiger partial charge in [-0.05, 0) is 35.9 Å². The Kier molecular flexibility index (Phi) is 5.77. The van der Waals surface area contributed by atoms with Crippen LogP contribution < -0.4 is 4.90 Å². The quantitative estimate of drug-likeness (QED) is 0.739. The zero-order valence-electron chi connectivity index (χ0n) is 14.2. The van der Waals surface area contributed by atoms with Crippen molar-refractivity contribution in [2.24, 2.45) is 0 Å². The molecule has 1 aliphatic heterocycles. The first-order chi connectivity index (χ1) is 12.8. The van der Waals surface area contributed by atoms with Crippen molar-refractivity contribution in [3.63, 3.8) is 0 Å². The fourth-order valence-corrected chi connectivity index (χ4v) is 3.55. The number of amides is 2. The summed E-state index contributed by atoms with van der Waals surface area (Å²) in [5, 5.41) is 10.4. The van der Waals surface area contributed by atoms with E-state index in [1.807, 2.05) is 0 Å². The summed E-state index contributed by atoms with van der Waals surface area (Å²) in [6.07, 6.45) is 0. The second kappa shape index (κ2) is 7.90. The molecule has 0 aliphatic carbocycles. The maximum Gasteiger partial charge on any atom is 0.282 e. The number of aliphatic hydroxyl groups excluding tert-OH is 1. The summed E-state index contributed by atoms with van der Waals surface area (Å²) in [6.45, 7) is 0.0218. The summed E-state index contributed by atoms with van der Waals surface area (Å²) in [7, 11) is 1.64. The predicted octanol–water partition coefficient (Wildman–Crippen LogP) is 3.86. The van der Waals surface area contributed by atoms with Crippen LogP contribution >= 0.6 is 34.8 Å². The molecule has 5 nitrogen and oxygen atoms in total. The molecule has 0 atom stereocenters. The number of carbonyl (C=O) groups excluding carboxylic acids is 2. The SMILES string of the molecule is CN(CCO)C1=C(c2ccc(Cl)cc2)C(=O)N(c2cc(Cl)cc(Cl)c2)C1=O. The number of anilines is 1. The molecule has 27 heavy (non-hydrogen) atoms. The fraction of sp³-hybridized carbons (Fsp3) is 0.158. The van der Waals surface area contributed by atoms with Crippen LogP contribution in [0.4, 0.5) is 5.69 Å². The van der Waals surface area contributed by atoms with E-state index in [1.54, 1.807) is 36.2 Å². The first-order valence-corrected chi connectivity index (χ1v) is 9.14. The van der Waals surface area contributed by atoms with Crippen molar-refractivity contribution in [3.05, 3.63) is 68.8 Å². The molecule has 3 rings (SSSR count). The first-order valence-electron chi connectivity index (χ1n) is 8.00. The van der Waals surface area contributed by atoms with Gasteiger partial charge in [-0.3, -0.25) is 9.59 Å². The third-order valence-corrected chi connectivity index (χ3v) is 4.80. The second-order valence-corrected chi connectivity index (χ2v) is 7.26. The van der Waals surface area contributed by atoms with Crippen LogP contribution in [0.25, 0.3) is 5.57 Å². The molecular weight excluding hydrogens is 411 g/mol. The van der Waals surface area contributed by atoms with E-state index in [9.17, 15) is 14.7 Å². The lowest BCUT2D eigenvalue weighted by Crippen LogP contribution is -2.34. The lowest BCUT2D eigenvalue weighted by molar-refractivity contribution is -0.120. The first kappa shape index (κ1) is 19.7. The zero-order valence-corrected chi connectivity index (χ0v) is 16.5. The molecule has 0 spiro atoms. The van der Waals surface area contributed by atoms with Crippen molar-refractivity contribution in [3.8, 4) is 0 Å². The van der Waals surface area contributed by atoms with E-state index >= 15 is 0 Å². The summed E-state index contributed by atoms with van der Waals surface area (Å²) in [5.74, 6) is -1.01. The Labute approximate surface area is 171 Å². The van der Waals surface area contributed by atoms with Crippen molar-refractivity contribution < 1.29 is 14.7 Å². The van der Waals surface area contributed by atoms with E-state index < -0.39 is 11.8 Å². The average Bonchev–Trinajstić information content (AvgIpc) is 2.85. The minimum Gasteiger partial charge on any atom is -0.395 e. The van der Waals surface area contributed by atoms with Gasteiger partial charge >= 0.3 is 0 Å². The third kappa shape index (κ3) is 3.82. The topological polar surface area (TPSA) is 60.9 Å². The molecule has 0 radical (unpaired) electrons. The van der Waals surface area contributed by atoms with Gasteiger partial charge in [-0.15, -0.1) is 0 Å². The average molecular weight is 426 g/mol. The molecule has 2 aromatic rings. The van der Waals surface area contributed by atoms with Crippen LogP contribution in [0.2, 0.25) is 15.1 Å². The number of carbonyl (C=O) groups is 2. The van der Waals surface area contributed by atoms with Gasteiger partial charge in [0, 0.05) is 28.7 Å². The Morgan fingerprint density at radius 2 is 1.52 bits per heavy atom. The van der Waals surface area contributed by atoms with Gasteiger partial charge in [0.1, 0.15) is 5.70 Å². The number of nitrogens with zero attached hydrogens (tertiary/aromatic N) is 2. The Morgan fingerprint density at radius 1 is 0.926 bits per heavy atom. The Bertz CT molecular complexity index is 921. The normalized spacial score (nSPS) is 14.3. The monoisotopic (exact) mass is 424 g/mol. The number of hydrogen-bond acceptors (Lipinski definition) is 4. The molecule has 8 heteroatoms. The molecule has 1 N–H and O–H groups in total. The summed E-state index contributed by atoms with van der Waals surface area (Å²) >= 11 is 18.0. The van der Waals surface area contributed by atoms with Crippen LogP contribution in [0.3, 0.4) is 0 Å². The smallest absolute Gasteiger partial charge is 0.282 e. The predicted molar refractivity (Wildman–Crippen MR) is 107 cm³/mol. The molecule has 2 aromatic carbocycles. The van der Waals surface area contributed by atoms with Crippen molar-refractivity contribution >= 4 is 57.9 Å². The summed E-state index contributed by atoms with van der Waals surface area (Å²) in [4.78, 5) is 28.9. The van der Waals surface area contributed by atoms with E-state index in [-0.39, 0.29) is 30.1 Å². The molecule has 0 bridgehead atoms. The molecule has 2 amide bonds. The van der Waals surface area contributed by atoms with Crippen LogP contribution in [-0.4, -0.2) is 42.0 Å². The van der Waals surface area contributed by atoms with Crippen molar-refractivity contribution in [1.29, 1.82) is 0 Å². The Morgan fingerprint density at radius 3 is 2.07 bits per heavy atom. The fourth-order valence-electron chi connectivity index (χ4n) is 2.91. The van der Waals surface area contributed by atoms with Crippen LogP contribution in [0.1, 0.15) is 5.56 Å². The van der Waals surface area contributed by atoms with Crippen molar-refractivity contribution in [2.75, 3.05) is 25.1 Å². The largest absolute Gasteiger partial charge is 0.395 e. The van der Waals surface area contributed by atoms with Gasteiger partial charge in [-0.2, -0.15) is 0 Å². The van der Waals surface area contributed by atoms with Crippen molar-refractivity contribution in [1.82, 2.24) is 4.90 Å². The van der Waals surface area contributed by atoms with Gasteiger partial charge < -0.3 is 10.0 Å². The number of imide groups is 1. The zero-order chi connectivity index (χ0) is 19.7. The number of halogens is 3. The minimum absolute atomic E-state index is 0.168. The summed E-state index contributed by atoms with van der Waals surface area (Å²) < 4.78 is 0. The molecular formula is C19H15Cl3N2O3. The molecule has 0 saturated heterocycles. The highest BCUT2D eigenvalue weighted by atomic mass is 35.5. The van der Waals surface area contributed by atoms with E-state index in [0.717, 1.165) is 4.90 Å². The van der Waals surface area contributed by atoms with E-state index in [2.05, 4.69) is 0 Å². The number of likely N-dealkylation sites (N-methyl/N-ethyl adjacent to an activating group) is 1. The minimum atomic E-state index is -0.515. The van der Waals surface area contributed by atoms with Crippen molar-refractivity contribution in [2.45, 2.75) is 0 Å². The second-order valence-electron chi connectivity index (χ2n) is 5.95. The Hall–Kier alpha value is -2.05. The van der Waals surface area contributed by atoms with Crippen LogP contribution in [0, 0.1) is 0 Å². The Balaban J connectivity index is 2.14. The standard InChI is InChI=1S/C19H15Cl3N2O3/c1-23(6-7-25)17-16(11-2-4-12(20)5-3-11)18(26)24(19(17)27)15-9-13(21)8-14(22)10-15/h2-5,8-10,25H,6-7H2,1H3. The molecule has 1 heterocycles. The van der Waals surface area contributed by atoms with Gasteiger partial charge in [0.25, 0.3) is 11.8 Å². The van der Waals surface area contributed by atoms with Gasteiger partial charge in [0.15, 0.2) is 0 Å². The van der Waals surface area contributed by atoms with Gasteiger partial charge in [-0.1, -0.05) is 46.9 Å². The van der Waals surface area contributed by atoms with E-state index in [0.29, 0.717) is 20.6 Å². The molecule has 0 aromatic heterocycles. The summed E-state index contributed by atoms with van der Waals surface area (Å²) in [6, 6.07) is 11.1. The number of rotatable bonds is 5. The number of aliphatic hydroxyl groups is 1. The molecule has 0 unspecified atom stereocenters. The van der Waals surface area contributed by atoms with Gasteiger partial charge in [-0.25, -0.2) is 4.90 Å². The lowest BCUT2D eigenvalue weighted by atomic mass is 10.0. The van der Waals surface area contributed by atoms with Gasteiger partial charge in [0.2, 0.25) is 0 Å². The molecule has 140 valence electrons. The maximum absolute atomic E-state index is 13.2. The third-order valence-electron chi connectivity index (χ3n) is 4.11. The highest BCUT2D eigenvalue weighted by Crippen LogP contribution is 2.36. The van der Waals surface area contributed by atoms with E-state index in [4.69, 9.17) is 34.8 Å². The van der Waals surface area contributed by atoms with Crippen LogP contribution in [-0.2, 0) is 9.59 Å². The molecule has 1 aliphatic rings. The highest BCUT2D eigenvalue weighted by molar-refractivity contribution is 6.46. The lowest BCUT2D eigenvalue weighted by Gasteiger charge is -2.20. The maximum atomic E-state index is 13.2. The number of benzene rings is 2. The van der Waals surface area contributed by atoms with Crippen LogP contribution in [0.15, 0.2) is 48.2 Å². The van der Waals surface area contributed by atoms with E-state index in [1.165, 1.54) is 18.2 Å². The highest BCUT2D eigenvalue weighted by Gasteiger charge is 2.41. The summed E-state index contributed by atoms with van der Waals surface area (Å²) in [5.41, 5.74) is 1.24. The molecule has 0 fully saturated rings. The van der Waals surface area contributed by atoms with Gasteiger partial charge in [0.05, 0.1) is 17.9 Å². The molecule has 0 saturated carbocycles.